The smallest absolute Gasteiger partial charge is 0.258 e. The van der Waals surface area contributed by atoms with Crippen molar-refractivity contribution in [3.05, 3.63) is 59.2 Å². The van der Waals surface area contributed by atoms with Crippen LogP contribution in [0.15, 0.2) is 48.4 Å². The molecule has 5 nitrogen and oxygen atoms in total. The first kappa shape index (κ1) is 20.9. The molecule has 2 atom stereocenters. The molecule has 7 heteroatoms. The summed E-state index contributed by atoms with van der Waals surface area (Å²) in [7, 11) is -1.32. The molecule has 1 aliphatic carbocycles. The highest BCUT2D eigenvalue weighted by molar-refractivity contribution is 8.00. The highest BCUT2D eigenvalue weighted by Crippen LogP contribution is 2.44. The number of hydrogen-bond donors (Lipinski definition) is 0. The largest absolute Gasteiger partial charge is 0.269 e. The molecular weight excluding hydrogens is 368 g/mol. The second-order valence-electron chi connectivity index (χ2n) is 7.23. The predicted molar refractivity (Wildman–Crippen MR) is 110 cm³/mol. The zero-order chi connectivity index (χ0) is 19.5. The molecule has 0 radical (unpaired) electrons. The van der Waals surface area contributed by atoms with Gasteiger partial charge >= 0.3 is 0 Å². The second-order valence-corrected chi connectivity index (χ2v) is 10.8. The first-order valence-electron chi connectivity index (χ1n) is 8.56. The lowest BCUT2D eigenvalue weighted by atomic mass is 10.1. The van der Waals surface area contributed by atoms with Gasteiger partial charge in [0.25, 0.3) is 5.69 Å². The normalized spacial score (nSPS) is 16.9. The molecule has 1 aromatic carbocycles. The summed E-state index contributed by atoms with van der Waals surface area (Å²) in [6, 6.07) is 4.54. The Morgan fingerprint density at radius 2 is 2.08 bits per heavy atom. The summed E-state index contributed by atoms with van der Waals surface area (Å²) < 4.78 is 14.4. The van der Waals surface area contributed by atoms with E-state index in [9.17, 15) is 14.3 Å². The van der Waals surface area contributed by atoms with Crippen LogP contribution in [-0.2, 0) is 11.0 Å². The van der Waals surface area contributed by atoms with E-state index < -0.39 is 26.7 Å². The Bertz CT molecular complexity index is 724. The molecule has 1 fully saturated rings. The molecule has 0 N–H and O–H groups in total. The zero-order valence-corrected chi connectivity index (χ0v) is 17.1. The van der Waals surface area contributed by atoms with Gasteiger partial charge in [-0.1, -0.05) is 12.2 Å². The lowest BCUT2D eigenvalue weighted by Crippen LogP contribution is -2.39. The molecule has 1 saturated carbocycles. The lowest BCUT2D eigenvalue weighted by molar-refractivity contribution is -0.385. The fourth-order valence-corrected chi connectivity index (χ4v) is 5.06. The van der Waals surface area contributed by atoms with E-state index in [0.717, 1.165) is 23.3 Å². The van der Waals surface area contributed by atoms with Crippen molar-refractivity contribution in [1.29, 1.82) is 0 Å². The zero-order valence-electron chi connectivity index (χ0n) is 15.5. The third-order valence-electron chi connectivity index (χ3n) is 3.92. The van der Waals surface area contributed by atoms with Crippen LogP contribution in [0, 0.1) is 10.1 Å². The number of nitrogens with zero attached hydrogens (tertiary/aromatic N) is 2. The summed E-state index contributed by atoms with van der Waals surface area (Å²) in [5.74, 6) is 0. The maximum atomic E-state index is 13.1. The Labute approximate surface area is 162 Å². The average molecular weight is 395 g/mol. The molecule has 0 saturated heterocycles. The molecule has 2 rings (SSSR count). The predicted octanol–water partition coefficient (Wildman–Crippen LogP) is 5.03. The number of nitro groups is 1. The Balaban J connectivity index is 2.52. The van der Waals surface area contributed by atoms with E-state index in [1.807, 2.05) is 20.8 Å². The van der Waals surface area contributed by atoms with Crippen LogP contribution < -0.4 is 0 Å². The van der Waals surface area contributed by atoms with Crippen molar-refractivity contribution < 1.29 is 9.13 Å². The van der Waals surface area contributed by atoms with Crippen molar-refractivity contribution in [2.75, 3.05) is 6.54 Å². The molecule has 1 aromatic rings. The SMILES string of the molecule is C=CCN(C(C=C)c1cc([N+](=O)[O-])ccc1SC1CC1)S(=O)C(C)(C)C. The molecule has 26 heavy (non-hydrogen) atoms. The van der Waals surface area contributed by atoms with E-state index in [4.69, 9.17) is 0 Å². The van der Waals surface area contributed by atoms with Crippen LogP contribution in [0.2, 0.25) is 0 Å². The molecule has 2 unspecified atom stereocenters. The summed E-state index contributed by atoms with van der Waals surface area (Å²) in [5.41, 5.74) is 0.817. The van der Waals surface area contributed by atoms with Crippen LogP contribution in [0.25, 0.3) is 0 Å². The minimum Gasteiger partial charge on any atom is -0.258 e. The third-order valence-corrected chi connectivity index (χ3v) is 7.20. The van der Waals surface area contributed by atoms with Gasteiger partial charge in [-0.2, -0.15) is 0 Å². The Morgan fingerprint density at radius 1 is 1.42 bits per heavy atom. The minimum atomic E-state index is -1.32. The van der Waals surface area contributed by atoms with Crippen molar-refractivity contribution in [3.63, 3.8) is 0 Å². The van der Waals surface area contributed by atoms with Gasteiger partial charge in [-0.05, 0) is 45.2 Å². The summed E-state index contributed by atoms with van der Waals surface area (Å²) in [4.78, 5) is 11.9. The van der Waals surface area contributed by atoms with Crippen LogP contribution in [-0.4, -0.2) is 30.0 Å². The van der Waals surface area contributed by atoms with E-state index >= 15 is 0 Å². The standard InChI is InChI=1S/C19H26N2O3S2/c1-6-12-20(26(24)19(3,4)5)17(7-2)16-13-14(21(22)23)8-11-18(16)25-15-9-10-15/h6-8,11,13,15,17H,1-2,9-10,12H2,3-5H3. The van der Waals surface area contributed by atoms with Gasteiger partial charge < -0.3 is 0 Å². The quantitative estimate of drug-likeness (QED) is 0.335. The van der Waals surface area contributed by atoms with E-state index in [1.54, 1.807) is 40.4 Å². The van der Waals surface area contributed by atoms with Crippen molar-refractivity contribution in [2.24, 2.45) is 0 Å². The first-order valence-corrected chi connectivity index (χ1v) is 10.5. The fourth-order valence-electron chi connectivity index (χ4n) is 2.52. The van der Waals surface area contributed by atoms with Gasteiger partial charge in [-0.3, -0.25) is 10.1 Å². The number of nitro benzene ring substituents is 1. The summed E-state index contributed by atoms with van der Waals surface area (Å²) in [6.45, 7) is 13.8. The van der Waals surface area contributed by atoms with E-state index in [0.29, 0.717) is 11.8 Å². The van der Waals surface area contributed by atoms with Gasteiger partial charge in [0, 0.05) is 28.8 Å². The minimum absolute atomic E-state index is 0.0343. The monoisotopic (exact) mass is 394 g/mol. The van der Waals surface area contributed by atoms with Crippen molar-refractivity contribution >= 4 is 28.4 Å². The van der Waals surface area contributed by atoms with Crippen LogP contribution >= 0.6 is 11.8 Å². The number of hydrogen-bond acceptors (Lipinski definition) is 4. The van der Waals surface area contributed by atoms with Gasteiger partial charge in [0.1, 0.15) is 11.0 Å². The van der Waals surface area contributed by atoms with Gasteiger partial charge in [0.15, 0.2) is 0 Å². The van der Waals surface area contributed by atoms with E-state index in [2.05, 4.69) is 13.2 Å². The average Bonchev–Trinajstić information content (AvgIpc) is 3.38. The molecule has 142 valence electrons. The number of thioether (sulfide) groups is 1. The van der Waals surface area contributed by atoms with Crippen LogP contribution in [0.3, 0.4) is 0 Å². The highest BCUT2D eigenvalue weighted by atomic mass is 32.2. The van der Waals surface area contributed by atoms with Crippen molar-refractivity contribution in [1.82, 2.24) is 4.31 Å². The summed E-state index contributed by atoms with van der Waals surface area (Å²) >= 11 is 1.73. The van der Waals surface area contributed by atoms with Gasteiger partial charge in [-0.15, -0.1) is 24.9 Å². The van der Waals surface area contributed by atoms with E-state index in [1.165, 1.54) is 6.07 Å². The second kappa shape index (κ2) is 8.50. The van der Waals surface area contributed by atoms with Crippen LogP contribution in [0.4, 0.5) is 5.69 Å². The number of rotatable bonds is 9. The van der Waals surface area contributed by atoms with Crippen molar-refractivity contribution in [3.8, 4) is 0 Å². The maximum Gasteiger partial charge on any atom is 0.269 e. The molecular formula is C19H26N2O3S2. The molecule has 0 amide bonds. The van der Waals surface area contributed by atoms with Crippen LogP contribution in [0.5, 0.6) is 0 Å². The molecule has 1 aliphatic rings. The Morgan fingerprint density at radius 3 is 2.54 bits per heavy atom. The van der Waals surface area contributed by atoms with Crippen LogP contribution in [0.1, 0.15) is 45.2 Å². The third kappa shape index (κ3) is 5.05. The lowest BCUT2D eigenvalue weighted by Gasteiger charge is -2.33. The van der Waals surface area contributed by atoms with Gasteiger partial charge in [0.2, 0.25) is 0 Å². The molecule has 0 heterocycles. The number of benzene rings is 1. The first-order chi connectivity index (χ1) is 12.2. The van der Waals surface area contributed by atoms with Gasteiger partial charge in [0.05, 0.1) is 15.7 Å². The number of non-ortho nitro benzene ring substituents is 1. The van der Waals surface area contributed by atoms with Crippen molar-refractivity contribution in [2.45, 2.75) is 54.5 Å². The topological polar surface area (TPSA) is 63.4 Å². The molecule has 0 spiro atoms. The maximum absolute atomic E-state index is 13.1. The van der Waals surface area contributed by atoms with E-state index in [-0.39, 0.29) is 5.69 Å². The highest BCUT2D eigenvalue weighted by Gasteiger charge is 2.33. The fraction of sp³-hybridized carbons (Fsp3) is 0.474. The molecule has 0 aromatic heterocycles. The van der Waals surface area contributed by atoms with Gasteiger partial charge in [-0.25, -0.2) is 8.51 Å². The summed E-state index contributed by atoms with van der Waals surface area (Å²) in [5, 5.41) is 11.8. The Hall–Kier alpha value is -1.44. The molecule has 0 bridgehead atoms. The molecule has 0 aliphatic heterocycles. The summed E-state index contributed by atoms with van der Waals surface area (Å²) in [6.07, 6.45) is 5.72. The Kier molecular flexibility index (Phi) is 6.82.